The lowest BCUT2D eigenvalue weighted by atomic mass is 9.92. The van der Waals surface area contributed by atoms with Gasteiger partial charge in [0.25, 0.3) is 11.5 Å². The molecule has 0 aliphatic carbocycles. The van der Waals surface area contributed by atoms with E-state index in [1.807, 2.05) is 31.2 Å². The Hall–Kier alpha value is -3.48. The summed E-state index contributed by atoms with van der Waals surface area (Å²) in [7, 11) is 0. The van der Waals surface area contributed by atoms with Crippen molar-refractivity contribution in [3.63, 3.8) is 0 Å². The second-order valence-corrected chi connectivity index (χ2v) is 8.48. The van der Waals surface area contributed by atoms with Crippen LogP contribution in [0.2, 0.25) is 0 Å². The van der Waals surface area contributed by atoms with Gasteiger partial charge >= 0.3 is 5.97 Å². The minimum atomic E-state index is -0.683. The number of para-hydroxylation sites is 2. The fourth-order valence-electron chi connectivity index (χ4n) is 3.65. The molecule has 1 amide bonds. The molecule has 168 valence electrons. The Balaban J connectivity index is 1.68. The van der Waals surface area contributed by atoms with E-state index >= 15 is 0 Å². The van der Waals surface area contributed by atoms with Gasteiger partial charge in [-0.15, -0.1) is 0 Å². The molecule has 2 aromatic carbocycles. The number of hydrogen-bond donors (Lipinski definition) is 1. The summed E-state index contributed by atoms with van der Waals surface area (Å²) in [5.74, 6) is -0.657. The maximum Gasteiger partial charge on any atom is 0.326 e. The first-order chi connectivity index (χ1) is 15.2. The third-order valence-corrected chi connectivity index (χ3v) is 5.36. The molecule has 1 heterocycles. The van der Waals surface area contributed by atoms with Crippen LogP contribution in [0, 0.1) is 6.92 Å². The minimum Gasteiger partial charge on any atom is -0.454 e. The largest absolute Gasteiger partial charge is 0.454 e. The molecule has 1 N–H and O–H groups in total. The van der Waals surface area contributed by atoms with Crippen molar-refractivity contribution in [3.05, 3.63) is 69.8 Å². The average molecular weight is 436 g/mol. The molecule has 3 rings (SSSR count). The molecule has 0 bridgehead atoms. The second-order valence-electron chi connectivity index (χ2n) is 8.48. The zero-order valence-corrected chi connectivity index (χ0v) is 19.1. The van der Waals surface area contributed by atoms with Crippen molar-refractivity contribution in [2.75, 3.05) is 11.9 Å². The van der Waals surface area contributed by atoms with E-state index in [0.717, 1.165) is 22.4 Å². The van der Waals surface area contributed by atoms with Gasteiger partial charge in [-0.25, -0.2) is 4.98 Å². The third-order valence-electron chi connectivity index (χ3n) is 5.36. The molecule has 0 saturated heterocycles. The van der Waals surface area contributed by atoms with Crippen LogP contribution >= 0.6 is 0 Å². The number of aromatic nitrogens is 2. The highest BCUT2D eigenvalue weighted by Gasteiger charge is 2.17. The van der Waals surface area contributed by atoms with E-state index in [1.165, 1.54) is 10.9 Å². The van der Waals surface area contributed by atoms with Crippen LogP contribution in [0.15, 0.2) is 47.5 Å². The quantitative estimate of drug-likeness (QED) is 0.564. The Morgan fingerprint density at radius 3 is 2.28 bits per heavy atom. The maximum atomic E-state index is 12.6. The third kappa shape index (κ3) is 5.04. The van der Waals surface area contributed by atoms with Gasteiger partial charge in [0.05, 0.1) is 17.2 Å². The van der Waals surface area contributed by atoms with Crippen LogP contribution in [0.1, 0.15) is 56.2 Å². The number of rotatable bonds is 7. The monoisotopic (exact) mass is 435 g/mol. The highest BCUT2D eigenvalue weighted by molar-refractivity contribution is 5.94. The van der Waals surface area contributed by atoms with Gasteiger partial charge in [-0.1, -0.05) is 58.0 Å². The molecule has 0 fully saturated rings. The summed E-state index contributed by atoms with van der Waals surface area (Å²) < 4.78 is 6.32. The lowest BCUT2D eigenvalue weighted by molar-refractivity contribution is -0.147. The molecule has 0 radical (unpaired) electrons. The number of nitrogens with one attached hydrogen (secondary N) is 1. The first-order valence-electron chi connectivity index (χ1n) is 10.7. The van der Waals surface area contributed by atoms with Crippen LogP contribution in [0.4, 0.5) is 5.69 Å². The standard InChI is InChI=1S/C25H29N3O4/c1-15(2)18-9-7-10-19(16(3)4)24(18)27-21(29)13-32-22(30)12-28-14-26-23-17(5)8-6-11-20(23)25(28)31/h6-11,14-16H,12-13H2,1-5H3,(H,27,29). The van der Waals surface area contributed by atoms with Crippen molar-refractivity contribution in [1.29, 1.82) is 0 Å². The zero-order valence-electron chi connectivity index (χ0n) is 19.1. The van der Waals surface area contributed by atoms with E-state index in [4.69, 9.17) is 4.74 Å². The SMILES string of the molecule is Cc1cccc2c(=O)n(CC(=O)OCC(=O)Nc3c(C(C)C)cccc3C(C)C)cnc12. The van der Waals surface area contributed by atoms with Crippen molar-refractivity contribution in [1.82, 2.24) is 9.55 Å². The average Bonchev–Trinajstić information content (AvgIpc) is 2.74. The van der Waals surface area contributed by atoms with Gasteiger partial charge in [0.15, 0.2) is 6.61 Å². The number of anilines is 1. The van der Waals surface area contributed by atoms with E-state index < -0.39 is 18.5 Å². The number of amides is 1. The topological polar surface area (TPSA) is 90.3 Å². The smallest absolute Gasteiger partial charge is 0.326 e. The van der Waals surface area contributed by atoms with Crippen molar-refractivity contribution in [2.45, 2.75) is 53.0 Å². The van der Waals surface area contributed by atoms with E-state index in [1.54, 1.807) is 12.1 Å². The first kappa shape index (κ1) is 23.2. The number of benzene rings is 2. The highest BCUT2D eigenvalue weighted by atomic mass is 16.5. The lowest BCUT2D eigenvalue weighted by Crippen LogP contribution is -2.28. The predicted octanol–water partition coefficient (Wildman–Crippen LogP) is 4.13. The molecule has 7 heteroatoms. The molecule has 0 aliphatic heterocycles. The summed E-state index contributed by atoms with van der Waals surface area (Å²) in [6.07, 6.45) is 1.33. The fourth-order valence-corrected chi connectivity index (χ4v) is 3.65. The second kappa shape index (κ2) is 9.77. The number of hydrogen-bond acceptors (Lipinski definition) is 5. The van der Waals surface area contributed by atoms with Crippen LogP contribution in [-0.4, -0.2) is 28.0 Å². The fraction of sp³-hybridized carbons (Fsp3) is 0.360. The number of esters is 1. The summed E-state index contributed by atoms with van der Waals surface area (Å²) in [6.45, 7) is 9.37. The number of ether oxygens (including phenoxy) is 1. The Labute approximate surface area is 187 Å². The molecule has 0 spiro atoms. The zero-order chi connectivity index (χ0) is 23.4. The molecular weight excluding hydrogens is 406 g/mol. The summed E-state index contributed by atoms with van der Waals surface area (Å²) in [5.41, 5.74) is 3.98. The summed E-state index contributed by atoms with van der Waals surface area (Å²) >= 11 is 0. The van der Waals surface area contributed by atoms with Crippen molar-refractivity contribution >= 4 is 28.5 Å². The van der Waals surface area contributed by atoms with Crippen molar-refractivity contribution in [3.8, 4) is 0 Å². The maximum absolute atomic E-state index is 12.6. The summed E-state index contributed by atoms with van der Waals surface area (Å²) in [6, 6.07) is 11.3. The van der Waals surface area contributed by atoms with Crippen LogP contribution in [0.3, 0.4) is 0 Å². The van der Waals surface area contributed by atoms with E-state index in [9.17, 15) is 14.4 Å². The highest BCUT2D eigenvalue weighted by Crippen LogP contribution is 2.32. The number of fused-ring (bicyclic) bond motifs is 1. The van der Waals surface area contributed by atoms with Crippen LogP contribution < -0.4 is 10.9 Å². The number of carbonyl (C=O) groups is 2. The van der Waals surface area contributed by atoms with E-state index in [2.05, 4.69) is 38.0 Å². The molecule has 0 unspecified atom stereocenters. The Morgan fingerprint density at radius 1 is 1.03 bits per heavy atom. The number of carbonyl (C=O) groups excluding carboxylic acids is 2. The van der Waals surface area contributed by atoms with Crippen LogP contribution in [0.5, 0.6) is 0 Å². The summed E-state index contributed by atoms with van der Waals surface area (Å²) in [4.78, 5) is 41.7. The molecule has 0 aliphatic rings. The minimum absolute atomic E-state index is 0.225. The molecule has 3 aromatic rings. The Bertz CT molecular complexity index is 1190. The van der Waals surface area contributed by atoms with Crippen molar-refractivity contribution < 1.29 is 14.3 Å². The van der Waals surface area contributed by atoms with Crippen molar-refractivity contribution in [2.24, 2.45) is 0 Å². The van der Waals surface area contributed by atoms with Gasteiger partial charge in [0.1, 0.15) is 6.54 Å². The van der Waals surface area contributed by atoms with Crippen LogP contribution in [0.25, 0.3) is 10.9 Å². The Morgan fingerprint density at radius 2 is 1.66 bits per heavy atom. The molecule has 0 atom stereocenters. The van der Waals surface area contributed by atoms with Gasteiger partial charge < -0.3 is 10.1 Å². The summed E-state index contributed by atoms with van der Waals surface area (Å²) in [5, 5.41) is 3.34. The normalized spacial score (nSPS) is 11.2. The van der Waals surface area contributed by atoms with Gasteiger partial charge in [-0.2, -0.15) is 0 Å². The number of nitrogens with zero attached hydrogens (tertiary/aromatic N) is 2. The first-order valence-corrected chi connectivity index (χ1v) is 10.7. The van der Waals surface area contributed by atoms with Gasteiger partial charge in [-0.05, 0) is 41.5 Å². The molecule has 1 aromatic heterocycles. The molecule has 0 saturated carbocycles. The molecular formula is C25H29N3O4. The Kier molecular flexibility index (Phi) is 7.08. The van der Waals surface area contributed by atoms with E-state index in [-0.39, 0.29) is 23.9 Å². The van der Waals surface area contributed by atoms with Crippen LogP contribution in [-0.2, 0) is 20.9 Å². The predicted molar refractivity (Wildman–Crippen MR) is 125 cm³/mol. The van der Waals surface area contributed by atoms with Gasteiger partial charge in [-0.3, -0.25) is 19.0 Å². The van der Waals surface area contributed by atoms with Gasteiger partial charge in [0.2, 0.25) is 0 Å². The molecule has 32 heavy (non-hydrogen) atoms. The molecule has 7 nitrogen and oxygen atoms in total. The number of aryl methyl sites for hydroxylation is 1. The van der Waals surface area contributed by atoms with E-state index in [0.29, 0.717) is 10.9 Å². The van der Waals surface area contributed by atoms with Gasteiger partial charge in [0, 0.05) is 5.69 Å². The lowest BCUT2D eigenvalue weighted by Gasteiger charge is -2.20.